The van der Waals surface area contributed by atoms with Gasteiger partial charge in [-0.1, -0.05) is 30.4 Å². The van der Waals surface area contributed by atoms with E-state index in [2.05, 4.69) is 13.2 Å². The van der Waals surface area contributed by atoms with E-state index in [0.29, 0.717) is 0 Å². The SMILES string of the molecule is C=C[C@@H]1CC=C(C)C(=O)[C@H]1[C@@H]1C(=O)C(C)=CCC1C(=C)C. The quantitative estimate of drug-likeness (QED) is 0.733. The molecule has 2 nitrogen and oxygen atoms in total. The number of ketones is 2. The van der Waals surface area contributed by atoms with Crippen LogP contribution >= 0.6 is 0 Å². The minimum absolute atomic E-state index is 0.0444. The van der Waals surface area contributed by atoms with Gasteiger partial charge in [-0.25, -0.2) is 0 Å². The molecule has 4 atom stereocenters. The van der Waals surface area contributed by atoms with Crippen LogP contribution in [0.25, 0.3) is 0 Å². The van der Waals surface area contributed by atoms with E-state index in [9.17, 15) is 9.59 Å². The molecule has 112 valence electrons. The van der Waals surface area contributed by atoms with Gasteiger partial charge >= 0.3 is 0 Å². The van der Waals surface area contributed by atoms with Gasteiger partial charge in [-0.2, -0.15) is 0 Å². The topological polar surface area (TPSA) is 34.1 Å². The second-order valence-electron chi connectivity index (χ2n) is 6.38. The molecule has 0 aromatic heterocycles. The maximum absolute atomic E-state index is 12.7. The van der Waals surface area contributed by atoms with Crippen molar-refractivity contribution in [3.05, 3.63) is 48.1 Å². The van der Waals surface area contributed by atoms with Gasteiger partial charge in [0.1, 0.15) is 0 Å². The molecule has 0 aliphatic heterocycles. The predicted octanol–water partition coefficient (Wildman–Crippen LogP) is 4.05. The molecule has 2 rings (SSSR count). The molecule has 0 spiro atoms. The van der Waals surface area contributed by atoms with Crippen molar-refractivity contribution < 1.29 is 9.59 Å². The summed E-state index contributed by atoms with van der Waals surface area (Å²) in [6, 6.07) is 0. The first-order valence-electron chi connectivity index (χ1n) is 7.58. The molecule has 2 heteroatoms. The van der Waals surface area contributed by atoms with Crippen LogP contribution in [0.15, 0.2) is 48.1 Å². The summed E-state index contributed by atoms with van der Waals surface area (Å²) in [6.45, 7) is 13.6. The standard InChI is InChI=1S/C19H24O2/c1-6-14-9-7-12(4)18(20)16(14)17-15(11(2)3)10-8-13(5)19(17)21/h6-8,14-17H,1-2,9-10H2,3-5H3/t14-,15?,16-,17-/m1/s1. The van der Waals surface area contributed by atoms with Crippen LogP contribution in [0.3, 0.4) is 0 Å². The third kappa shape index (κ3) is 2.72. The van der Waals surface area contributed by atoms with Gasteiger partial charge in [-0.15, -0.1) is 6.58 Å². The number of hydrogen-bond acceptors (Lipinski definition) is 2. The maximum Gasteiger partial charge on any atom is 0.162 e. The highest BCUT2D eigenvalue weighted by molar-refractivity contribution is 6.05. The molecule has 0 N–H and O–H groups in total. The Hall–Kier alpha value is -1.70. The monoisotopic (exact) mass is 284 g/mol. The normalized spacial score (nSPS) is 33.3. The molecule has 2 aliphatic carbocycles. The molecule has 0 bridgehead atoms. The molecule has 0 fully saturated rings. The minimum atomic E-state index is -0.287. The molecule has 1 unspecified atom stereocenters. The number of carbonyl (C=O) groups excluding carboxylic acids is 2. The molecule has 0 saturated heterocycles. The molecule has 0 heterocycles. The third-order valence-corrected chi connectivity index (χ3v) is 4.97. The van der Waals surface area contributed by atoms with E-state index in [1.807, 2.05) is 39.0 Å². The lowest BCUT2D eigenvalue weighted by molar-refractivity contribution is -0.132. The number of rotatable bonds is 3. The molecule has 21 heavy (non-hydrogen) atoms. The molecule has 2 aliphatic rings. The van der Waals surface area contributed by atoms with Crippen LogP contribution in [-0.2, 0) is 9.59 Å². The number of carbonyl (C=O) groups is 2. The molecular weight excluding hydrogens is 260 g/mol. The van der Waals surface area contributed by atoms with Crippen molar-refractivity contribution in [2.24, 2.45) is 23.7 Å². The van der Waals surface area contributed by atoms with Crippen molar-refractivity contribution >= 4 is 11.6 Å². The first-order chi connectivity index (χ1) is 9.88. The van der Waals surface area contributed by atoms with Gasteiger partial charge in [0, 0.05) is 11.8 Å². The Bertz CT molecular complexity index is 562. The van der Waals surface area contributed by atoms with Crippen LogP contribution in [-0.4, -0.2) is 11.6 Å². The fourth-order valence-corrected chi connectivity index (χ4v) is 3.61. The van der Waals surface area contributed by atoms with Crippen LogP contribution in [0.5, 0.6) is 0 Å². The number of Topliss-reactive ketones (excluding diaryl/α,β-unsaturated/α-hetero) is 2. The summed E-state index contributed by atoms with van der Waals surface area (Å²) < 4.78 is 0. The van der Waals surface area contributed by atoms with Crippen molar-refractivity contribution in [2.45, 2.75) is 33.6 Å². The van der Waals surface area contributed by atoms with Gasteiger partial charge in [0.15, 0.2) is 11.6 Å². The van der Waals surface area contributed by atoms with E-state index >= 15 is 0 Å². The van der Waals surface area contributed by atoms with Crippen molar-refractivity contribution in [3.8, 4) is 0 Å². The Balaban J connectivity index is 2.48. The Morgan fingerprint density at radius 2 is 1.62 bits per heavy atom. The fourth-order valence-electron chi connectivity index (χ4n) is 3.61. The summed E-state index contributed by atoms with van der Waals surface area (Å²) in [6.07, 6.45) is 7.38. The van der Waals surface area contributed by atoms with E-state index < -0.39 is 0 Å². The van der Waals surface area contributed by atoms with E-state index in [1.165, 1.54) is 0 Å². The zero-order valence-corrected chi connectivity index (χ0v) is 13.2. The summed E-state index contributed by atoms with van der Waals surface area (Å²) in [7, 11) is 0. The second-order valence-corrected chi connectivity index (χ2v) is 6.38. The predicted molar refractivity (Wildman–Crippen MR) is 85.7 cm³/mol. The second kappa shape index (κ2) is 5.97. The van der Waals surface area contributed by atoms with Gasteiger partial charge in [-0.05, 0) is 56.6 Å². The average molecular weight is 284 g/mol. The Morgan fingerprint density at radius 3 is 2.14 bits per heavy atom. The zero-order chi connectivity index (χ0) is 15.7. The largest absolute Gasteiger partial charge is 0.294 e. The summed E-state index contributed by atoms with van der Waals surface area (Å²) in [5.41, 5.74) is 2.54. The van der Waals surface area contributed by atoms with Crippen LogP contribution in [0, 0.1) is 23.7 Å². The highest BCUT2D eigenvalue weighted by Gasteiger charge is 2.45. The summed E-state index contributed by atoms with van der Waals surface area (Å²) in [5.74, 6) is -0.261. The molecule has 0 saturated carbocycles. The molecule has 0 aromatic rings. The summed E-state index contributed by atoms with van der Waals surface area (Å²) in [4.78, 5) is 25.4. The smallest absolute Gasteiger partial charge is 0.162 e. The Labute approximate surface area is 127 Å². The highest BCUT2D eigenvalue weighted by Crippen LogP contribution is 2.43. The van der Waals surface area contributed by atoms with Crippen molar-refractivity contribution in [1.82, 2.24) is 0 Å². The van der Waals surface area contributed by atoms with Gasteiger partial charge in [0.25, 0.3) is 0 Å². The lowest BCUT2D eigenvalue weighted by atomic mass is 9.62. The van der Waals surface area contributed by atoms with Crippen LogP contribution in [0.1, 0.15) is 33.6 Å². The van der Waals surface area contributed by atoms with Crippen molar-refractivity contribution in [1.29, 1.82) is 0 Å². The van der Waals surface area contributed by atoms with Crippen LogP contribution in [0.4, 0.5) is 0 Å². The van der Waals surface area contributed by atoms with Crippen LogP contribution in [0.2, 0.25) is 0 Å². The fraction of sp³-hybridized carbons (Fsp3) is 0.474. The van der Waals surface area contributed by atoms with Crippen LogP contribution < -0.4 is 0 Å². The molecule has 0 radical (unpaired) electrons. The van der Waals surface area contributed by atoms with Crippen molar-refractivity contribution in [3.63, 3.8) is 0 Å². The van der Waals surface area contributed by atoms with Gasteiger partial charge < -0.3 is 0 Å². The summed E-state index contributed by atoms with van der Waals surface area (Å²) in [5, 5.41) is 0. The molecule has 0 aromatic carbocycles. The number of allylic oxidation sites excluding steroid dienone is 6. The van der Waals surface area contributed by atoms with E-state index in [4.69, 9.17) is 0 Å². The highest BCUT2D eigenvalue weighted by atomic mass is 16.1. The van der Waals surface area contributed by atoms with E-state index in [1.54, 1.807) is 0 Å². The Kier molecular flexibility index (Phi) is 4.46. The van der Waals surface area contributed by atoms with E-state index in [-0.39, 0.29) is 35.2 Å². The average Bonchev–Trinajstić information content (AvgIpc) is 2.44. The molecule has 0 amide bonds. The first-order valence-corrected chi connectivity index (χ1v) is 7.58. The van der Waals surface area contributed by atoms with Gasteiger partial charge in [-0.3, -0.25) is 9.59 Å². The lowest BCUT2D eigenvalue weighted by Crippen LogP contribution is -2.43. The van der Waals surface area contributed by atoms with Gasteiger partial charge in [0.05, 0.1) is 0 Å². The maximum atomic E-state index is 12.7. The minimum Gasteiger partial charge on any atom is -0.294 e. The van der Waals surface area contributed by atoms with Gasteiger partial charge in [0.2, 0.25) is 0 Å². The third-order valence-electron chi connectivity index (χ3n) is 4.97. The molecular formula is C19H24O2. The number of hydrogen-bond donors (Lipinski definition) is 0. The van der Waals surface area contributed by atoms with E-state index in [0.717, 1.165) is 29.6 Å². The summed E-state index contributed by atoms with van der Waals surface area (Å²) >= 11 is 0. The Morgan fingerprint density at radius 1 is 1.10 bits per heavy atom. The lowest BCUT2D eigenvalue weighted by Gasteiger charge is -2.39. The van der Waals surface area contributed by atoms with Crippen molar-refractivity contribution in [2.75, 3.05) is 0 Å². The first kappa shape index (κ1) is 15.7. The zero-order valence-electron chi connectivity index (χ0n) is 13.2.